The lowest BCUT2D eigenvalue weighted by Crippen LogP contribution is -2.26. The first kappa shape index (κ1) is 12.5. The minimum absolute atomic E-state index is 0.275. The zero-order valence-electron chi connectivity index (χ0n) is 9.58. The van der Waals surface area contributed by atoms with E-state index in [9.17, 15) is 0 Å². The molecular weight excluding hydrogens is 210 g/mol. The van der Waals surface area contributed by atoms with Crippen molar-refractivity contribution < 1.29 is 9.47 Å². The predicted octanol–water partition coefficient (Wildman–Crippen LogP) is 2.27. The molecule has 0 aromatic carbocycles. The van der Waals surface area contributed by atoms with E-state index in [0.717, 1.165) is 24.8 Å². The van der Waals surface area contributed by atoms with Gasteiger partial charge in [0.15, 0.2) is 5.06 Å². The molecule has 0 saturated heterocycles. The quantitative estimate of drug-likeness (QED) is 0.778. The van der Waals surface area contributed by atoms with E-state index in [1.165, 1.54) is 4.88 Å². The number of methoxy groups -OCH3 is 1. The minimum atomic E-state index is 0.275. The van der Waals surface area contributed by atoms with E-state index in [0.29, 0.717) is 0 Å². The molecule has 0 aliphatic carbocycles. The number of ether oxygens (including phenoxy) is 2. The van der Waals surface area contributed by atoms with Crippen molar-refractivity contribution in [1.82, 2.24) is 5.32 Å². The van der Waals surface area contributed by atoms with E-state index >= 15 is 0 Å². The average Bonchev–Trinajstić information content (AvgIpc) is 2.66. The van der Waals surface area contributed by atoms with Gasteiger partial charge in [0, 0.05) is 24.6 Å². The Morgan fingerprint density at radius 1 is 1.47 bits per heavy atom. The van der Waals surface area contributed by atoms with Crippen LogP contribution in [-0.4, -0.2) is 26.4 Å². The van der Waals surface area contributed by atoms with Crippen LogP contribution in [0.2, 0.25) is 0 Å². The zero-order valence-corrected chi connectivity index (χ0v) is 10.4. The van der Waals surface area contributed by atoms with Gasteiger partial charge in [-0.05, 0) is 26.0 Å². The van der Waals surface area contributed by atoms with E-state index in [2.05, 4.69) is 18.3 Å². The van der Waals surface area contributed by atoms with Crippen LogP contribution < -0.4 is 10.1 Å². The second-order valence-electron chi connectivity index (χ2n) is 3.32. The van der Waals surface area contributed by atoms with Gasteiger partial charge in [-0.3, -0.25) is 0 Å². The normalized spacial score (nSPS) is 12.7. The number of rotatable bonds is 7. The van der Waals surface area contributed by atoms with E-state index in [1.54, 1.807) is 18.4 Å². The molecule has 1 aromatic rings. The molecule has 4 heteroatoms. The average molecular weight is 229 g/mol. The summed E-state index contributed by atoms with van der Waals surface area (Å²) in [6.45, 7) is 6.63. The van der Waals surface area contributed by atoms with Crippen molar-refractivity contribution in [3.8, 4) is 5.06 Å². The third kappa shape index (κ3) is 4.64. The smallest absolute Gasteiger partial charge is 0.173 e. The molecule has 0 fully saturated rings. The van der Waals surface area contributed by atoms with Crippen molar-refractivity contribution in [1.29, 1.82) is 0 Å². The number of nitrogens with one attached hydrogen (secondary N) is 1. The van der Waals surface area contributed by atoms with Crippen LogP contribution in [0, 0.1) is 0 Å². The summed E-state index contributed by atoms with van der Waals surface area (Å²) in [5, 5.41) is 4.32. The highest BCUT2D eigenvalue weighted by molar-refractivity contribution is 7.13. The molecule has 86 valence electrons. The molecule has 0 bridgehead atoms. The lowest BCUT2D eigenvalue weighted by molar-refractivity contribution is 0.0760. The Morgan fingerprint density at radius 3 is 2.87 bits per heavy atom. The minimum Gasteiger partial charge on any atom is -0.487 e. The van der Waals surface area contributed by atoms with Crippen molar-refractivity contribution in [2.75, 3.05) is 20.3 Å². The Bertz CT molecular complexity index is 275. The van der Waals surface area contributed by atoms with Gasteiger partial charge in [-0.1, -0.05) is 0 Å². The lowest BCUT2D eigenvalue weighted by atomic mass is 10.4. The lowest BCUT2D eigenvalue weighted by Gasteiger charge is -2.11. The monoisotopic (exact) mass is 229 g/mol. The molecule has 15 heavy (non-hydrogen) atoms. The first-order chi connectivity index (χ1) is 7.26. The molecule has 0 aliphatic rings. The number of thiophene rings is 1. The predicted molar refractivity (Wildman–Crippen MR) is 63.7 cm³/mol. The summed E-state index contributed by atoms with van der Waals surface area (Å²) in [5.74, 6) is 0. The summed E-state index contributed by atoms with van der Waals surface area (Å²) >= 11 is 1.67. The van der Waals surface area contributed by atoms with Crippen LogP contribution in [0.25, 0.3) is 0 Å². The second-order valence-corrected chi connectivity index (χ2v) is 4.45. The summed E-state index contributed by atoms with van der Waals surface area (Å²) in [5.41, 5.74) is 0. The van der Waals surface area contributed by atoms with Crippen LogP contribution in [0.4, 0.5) is 0 Å². The van der Waals surface area contributed by atoms with E-state index in [1.807, 2.05) is 13.0 Å². The van der Waals surface area contributed by atoms with Crippen molar-refractivity contribution in [3.05, 3.63) is 17.0 Å². The van der Waals surface area contributed by atoms with Gasteiger partial charge in [-0.2, -0.15) is 0 Å². The largest absolute Gasteiger partial charge is 0.487 e. The molecular formula is C11H19NO2S. The number of hydrogen-bond acceptors (Lipinski definition) is 4. The Hall–Kier alpha value is -0.580. The first-order valence-corrected chi connectivity index (χ1v) is 6.03. The maximum Gasteiger partial charge on any atom is 0.173 e. The summed E-state index contributed by atoms with van der Waals surface area (Å²) < 4.78 is 10.5. The Morgan fingerprint density at radius 2 is 2.27 bits per heavy atom. The van der Waals surface area contributed by atoms with Crippen molar-refractivity contribution in [3.63, 3.8) is 0 Å². The highest BCUT2D eigenvalue weighted by atomic mass is 32.1. The van der Waals surface area contributed by atoms with Gasteiger partial charge >= 0.3 is 0 Å². The number of hydrogen-bond donors (Lipinski definition) is 1. The fourth-order valence-corrected chi connectivity index (χ4v) is 2.09. The maximum absolute atomic E-state index is 5.42. The van der Waals surface area contributed by atoms with Crippen LogP contribution in [0.15, 0.2) is 12.1 Å². The summed E-state index contributed by atoms with van der Waals surface area (Å²) in [7, 11) is 1.69. The Labute approximate surface area is 95.4 Å². The highest BCUT2D eigenvalue weighted by Crippen LogP contribution is 2.23. The fraction of sp³-hybridized carbons (Fsp3) is 0.636. The van der Waals surface area contributed by atoms with E-state index in [4.69, 9.17) is 9.47 Å². The van der Waals surface area contributed by atoms with Gasteiger partial charge in [0.25, 0.3) is 0 Å². The highest BCUT2D eigenvalue weighted by Gasteiger charge is 2.02. The van der Waals surface area contributed by atoms with Crippen LogP contribution in [0.1, 0.15) is 18.7 Å². The zero-order chi connectivity index (χ0) is 11.1. The fourth-order valence-electron chi connectivity index (χ4n) is 1.31. The van der Waals surface area contributed by atoms with Crippen LogP contribution in [0.5, 0.6) is 5.06 Å². The Kier molecular flexibility index (Phi) is 5.68. The van der Waals surface area contributed by atoms with Gasteiger partial charge in [0.2, 0.25) is 0 Å². The molecule has 1 aromatic heterocycles. The molecule has 0 spiro atoms. The molecule has 1 N–H and O–H groups in total. The van der Waals surface area contributed by atoms with E-state index in [-0.39, 0.29) is 6.10 Å². The maximum atomic E-state index is 5.42. The van der Waals surface area contributed by atoms with Crippen molar-refractivity contribution >= 4 is 11.3 Å². The molecule has 1 atom stereocenters. The topological polar surface area (TPSA) is 30.5 Å². The molecule has 1 heterocycles. The third-order valence-electron chi connectivity index (χ3n) is 2.02. The van der Waals surface area contributed by atoms with E-state index < -0.39 is 0 Å². The standard InChI is InChI=1S/C11H19NO2S/c1-4-14-9(2)7-12-8-10-5-6-11(13-3)15-10/h5-6,9,12H,4,7-8H2,1-3H3. The molecule has 1 rings (SSSR count). The Balaban J connectivity index is 2.19. The molecule has 0 radical (unpaired) electrons. The van der Waals surface area contributed by atoms with Crippen LogP contribution >= 0.6 is 11.3 Å². The molecule has 1 unspecified atom stereocenters. The second kappa shape index (κ2) is 6.82. The molecule has 3 nitrogen and oxygen atoms in total. The van der Waals surface area contributed by atoms with Gasteiger partial charge < -0.3 is 14.8 Å². The molecule has 0 amide bonds. The first-order valence-electron chi connectivity index (χ1n) is 5.21. The van der Waals surface area contributed by atoms with Gasteiger partial charge in [0.1, 0.15) is 0 Å². The summed E-state index contributed by atoms with van der Waals surface area (Å²) in [6.07, 6.45) is 0.275. The van der Waals surface area contributed by atoms with Crippen molar-refractivity contribution in [2.45, 2.75) is 26.5 Å². The SMILES string of the molecule is CCOC(C)CNCc1ccc(OC)s1. The molecule has 0 saturated carbocycles. The van der Waals surface area contributed by atoms with Crippen molar-refractivity contribution in [2.24, 2.45) is 0 Å². The summed E-state index contributed by atoms with van der Waals surface area (Å²) in [4.78, 5) is 1.29. The van der Waals surface area contributed by atoms with Gasteiger partial charge in [0.05, 0.1) is 13.2 Å². The van der Waals surface area contributed by atoms with Crippen LogP contribution in [0.3, 0.4) is 0 Å². The van der Waals surface area contributed by atoms with Crippen LogP contribution in [-0.2, 0) is 11.3 Å². The third-order valence-corrected chi connectivity index (χ3v) is 3.07. The molecule has 0 aliphatic heterocycles. The van der Waals surface area contributed by atoms with Gasteiger partial charge in [-0.15, -0.1) is 11.3 Å². The van der Waals surface area contributed by atoms with Gasteiger partial charge in [-0.25, -0.2) is 0 Å². The summed E-state index contributed by atoms with van der Waals surface area (Å²) in [6, 6.07) is 4.08.